The zero-order valence-electron chi connectivity index (χ0n) is 7.88. The third kappa shape index (κ3) is 1.10. The minimum absolute atomic E-state index is 0.915. The van der Waals surface area contributed by atoms with Crippen LogP contribution < -0.4 is 0 Å². The van der Waals surface area contributed by atoms with E-state index in [-0.39, 0.29) is 0 Å². The fourth-order valence-corrected chi connectivity index (χ4v) is 3.03. The van der Waals surface area contributed by atoms with Crippen molar-refractivity contribution in [1.29, 1.82) is 0 Å². The Morgan fingerprint density at radius 1 is 1.27 bits per heavy atom. The average molecular weight is 153 g/mol. The Morgan fingerprint density at radius 2 is 2.00 bits per heavy atom. The monoisotopic (exact) mass is 153 g/mol. The van der Waals surface area contributed by atoms with Crippen molar-refractivity contribution in [2.75, 3.05) is 13.6 Å². The number of fused-ring (bicyclic) bond motifs is 2. The Bertz CT molecular complexity index is 151. The summed E-state index contributed by atoms with van der Waals surface area (Å²) in [5, 5.41) is 0. The van der Waals surface area contributed by atoms with Crippen LogP contribution in [-0.4, -0.2) is 24.5 Å². The van der Waals surface area contributed by atoms with Crippen molar-refractivity contribution in [2.24, 2.45) is 17.8 Å². The molecule has 0 aromatic carbocycles. The number of hydrogen-bond acceptors (Lipinski definition) is 1. The summed E-state index contributed by atoms with van der Waals surface area (Å²) in [6.07, 6.45) is 2.96. The second-order valence-electron chi connectivity index (χ2n) is 4.73. The lowest BCUT2D eigenvalue weighted by Crippen LogP contribution is -2.33. The van der Waals surface area contributed by atoms with Gasteiger partial charge in [0.05, 0.1) is 0 Å². The third-order valence-electron chi connectivity index (χ3n) is 3.73. The van der Waals surface area contributed by atoms with E-state index < -0.39 is 0 Å². The second kappa shape index (κ2) is 2.48. The van der Waals surface area contributed by atoms with Crippen LogP contribution in [0.3, 0.4) is 0 Å². The van der Waals surface area contributed by atoms with Crippen LogP contribution in [0.15, 0.2) is 0 Å². The van der Waals surface area contributed by atoms with E-state index in [1.54, 1.807) is 0 Å². The molecular formula is C10H19N. The topological polar surface area (TPSA) is 3.24 Å². The van der Waals surface area contributed by atoms with Crippen molar-refractivity contribution < 1.29 is 0 Å². The highest BCUT2D eigenvalue weighted by Gasteiger charge is 2.43. The van der Waals surface area contributed by atoms with Gasteiger partial charge in [-0.05, 0) is 37.6 Å². The van der Waals surface area contributed by atoms with Gasteiger partial charge in [-0.3, -0.25) is 0 Å². The fourth-order valence-electron chi connectivity index (χ4n) is 3.03. The molecule has 64 valence electrons. The molecule has 0 amide bonds. The molecule has 2 rings (SSSR count). The molecule has 0 aromatic rings. The maximum atomic E-state index is 2.55. The van der Waals surface area contributed by atoms with Crippen LogP contribution in [0.1, 0.15) is 26.7 Å². The van der Waals surface area contributed by atoms with Crippen LogP contribution in [0.2, 0.25) is 0 Å². The van der Waals surface area contributed by atoms with Crippen LogP contribution in [0.5, 0.6) is 0 Å². The molecule has 3 unspecified atom stereocenters. The fraction of sp³-hybridized carbons (Fsp3) is 1.00. The molecule has 2 bridgehead atoms. The highest BCUT2D eigenvalue weighted by Crippen LogP contribution is 2.44. The lowest BCUT2D eigenvalue weighted by molar-refractivity contribution is 0.175. The van der Waals surface area contributed by atoms with Gasteiger partial charge in [-0.15, -0.1) is 0 Å². The molecule has 1 nitrogen and oxygen atoms in total. The second-order valence-corrected chi connectivity index (χ2v) is 4.73. The lowest BCUT2D eigenvalue weighted by Gasteiger charge is -2.30. The predicted molar refractivity (Wildman–Crippen MR) is 47.5 cm³/mol. The van der Waals surface area contributed by atoms with Crippen molar-refractivity contribution in [3.8, 4) is 0 Å². The Hall–Kier alpha value is -0.0400. The smallest absolute Gasteiger partial charge is 0.00983 e. The van der Waals surface area contributed by atoms with Crippen molar-refractivity contribution in [2.45, 2.75) is 32.7 Å². The zero-order chi connectivity index (χ0) is 8.01. The molecule has 1 heteroatoms. The zero-order valence-corrected chi connectivity index (χ0v) is 7.88. The van der Waals surface area contributed by atoms with Crippen molar-refractivity contribution >= 4 is 0 Å². The van der Waals surface area contributed by atoms with E-state index in [1.807, 2.05) is 0 Å². The van der Waals surface area contributed by atoms with Gasteiger partial charge in [-0.2, -0.15) is 0 Å². The molecule has 1 heterocycles. The van der Waals surface area contributed by atoms with Crippen LogP contribution >= 0.6 is 0 Å². The van der Waals surface area contributed by atoms with Gasteiger partial charge in [-0.1, -0.05) is 13.8 Å². The maximum absolute atomic E-state index is 2.55. The first-order chi connectivity index (χ1) is 5.18. The van der Waals surface area contributed by atoms with E-state index in [4.69, 9.17) is 0 Å². The molecule has 1 saturated carbocycles. The van der Waals surface area contributed by atoms with Gasteiger partial charge in [0.1, 0.15) is 0 Å². The Kier molecular flexibility index (Phi) is 1.71. The third-order valence-corrected chi connectivity index (χ3v) is 3.73. The van der Waals surface area contributed by atoms with E-state index in [0.717, 1.165) is 23.8 Å². The summed E-state index contributed by atoms with van der Waals surface area (Å²) in [6, 6.07) is 0.937. The number of piperidine rings is 1. The van der Waals surface area contributed by atoms with Crippen LogP contribution in [0.25, 0.3) is 0 Å². The Balaban J connectivity index is 2.02. The standard InChI is InChI=1S/C10H19N/c1-7(2)10-5-9-4-8(10)6-11(9)3/h7-10H,4-6H2,1-3H3. The van der Waals surface area contributed by atoms with Gasteiger partial charge in [-0.25, -0.2) is 0 Å². The summed E-state index contributed by atoms with van der Waals surface area (Å²) in [4.78, 5) is 2.55. The summed E-state index contributed by atoms with van der Waals surface area (Å²) in [6.45, 7) is 6.13. The minimum Gasteiger partial charge on any atom is -0.303 e. The number of hydrogen-bond donors (Lipinski definition) is 0. The normalized spacial score (nSPS) is 44.2. The SMILES string of the molecule is CC(C)C1CC2CC1CN2C. The molecule has 11 heavy (non-hydrogen) atoms. The van der Waals surface area contributed by atoms with E-state index in [1.165, 1.54) is 19.4 Å². The summed E-state index contributed by atoms with van der Waals surface area (Å²) >= 11 is 0. The van der Waals surface area contributed by atoms with Gasteiger partial charge < -0.3 is 4.90 Å². The molecule has 2 fully saturated rings. The number of rotatable bonds is 1. The summed E-state index contributed by atoms with van der Waals surface area (Å²) in [7, 11) is 2.28. The summed E-state index contributed by atoms with van der Waals surface area (Å²) < 4.78 is 0. The van der Waals surface area contributed by atoms with E-state index in [0.29, 0.717) is 0 Å². The van der Waals surface area contributed by atoms with E-state index in [9.17, 15) is 0 Å². The quantitative estimate of drug-likeness (QED) is 0.557. The molecule has 1 aliphatic heterocycles. The van der Waals surface area contributed by atoms with Crippen molar-refractivity contribution in [3.63, 3.8) is 0 Å². The molecular weight excluding hydrogens is 134 g/mol. The summed E-state index contributed by atoms with van der Waals surface area (Å²) in [5.74, 6) is 2.99. The number of likely N-dealkylation sites (tertiary alicyclic amines) is 1. The molecule has 0 spiro atoms. The molecule has 1 aliphatic carbocycles. The first kappa shape index (κ1) is 7.60. The largest absolute Gasteiger partial charge is 0.303 e. The van der Waals surface area contributed by atoms with Gasteiger partial charge in [0.25, 0.3) is 0 Å². The Labute approximate surface area is 69.8 Å². The van der Waals surface area contributed by atoms with Gasteiger partial charge in [0.2, 0.25) is 0 Å². The Morgan fingerprint density at radius 3 is 2.36 bits per heavy atom. The molecule has 0 radical (unpaired) electrons. The number of nitrogens with zero attached hydrogens (tertiary/aromatic N) is 1. The molecule has 3 atom stereocenters. The summed E-state index contributed by atoms with van der Waals surface area (Å²) in [5.41, 5.74) is 0. The van der Waals surface area contributed by atoms with Gasteiger partial charge in [0.15, 0.2) is 0 Å². The van der Waals surface area contributed by atoms with E-state index >= 15 is 0 Å². The van der Waals surface area contributed by atoms with E-state index in [2.05, 4.69) is 25.8 Å². The van der Waals surface area contributed by atoms with Gasteiger partial charge in [0, 0.05) is 12.6 Å². The van der Waals surface area contributed by atoms with Crippen LogP contribution in [0.4, 0.5) is 0 Å². The van der Waals surface area contributed by atoms with Crippen LogP contribution in [0, 0.1) is 17.8 Å². The predicted octanol–water partition coefficient (Wildman–Crippen LogP) is 1.98. The molecule has 0 aromatic heterocycles. The van der Waals surface area contributed by atoms with Crippen LogP contribution in [-0.2, 0) is 0 Å². The van der Waals surface area contributed by atoms with Gasteiger partial charge >= 0.3 is 0 Å². The highest BCUT2D eigenvalue weighted by molar-refractivity contribution is 4.96. The maximum Gasteiger partial charge on any atom is 0.00983 e. The molecule has 2 aliphatic rings. The lowest BCUT2D eigenvalue weighted by atomic mass is 9.85. The molecule has 0 N–H and O–H groups in total. The average Bonchev–Trinajstić information content (AvgIpc) is 2.43. The minimum atomic E-state index is 0.915. The molecule has 1 saturated heterocycles. The first-order valence-corrected chi connectivity index (χ1v) is 4.88. The first-order valence-electron chi connectivity index (χ1n) is 4.88. The van der Waals surface area contributed by atoms with Crippen molar-refractivity contribution in [1.82, 2.24) is 4.90 Å². The highest BCUT2D eigenvalue weighted by atomic mass is 15.2. The van der Waals surface area contributed by atoms with Crippen molar-refractivity contribution in [3.05, 3.63) is 0 Å².